The number of aromatic nitrogens is 4. The second-order valence-corrected chi connectivity index (χ2v) is 8.18. The van der Waals surface area contributed by atoms with Gasteiger partial charge in [0.05, 0.1) is 52.8 Å². The maximum atomic E-state index is 13.2. The lowest BCUT2D eigenvalue weighted by Crippen LogP contribution is -2.09. The highest BCUT2D eigenvalue weighted by Gasteiger charge is 2.22. The maximum absolute atomic E-state index is 13.2. The Hall–Kier alpha value is -5.43. The van der Waals surface area contributed by atoms with Gasteiger partial charge in [-0.1, -0.05) is 6.07 Å². The van der Waals surface area contributed by atoms with Crippen molar-refractivity contribution in [1.82, 2.24) is 19.7 Å². The first kappa shape index (κ1) is 23.3. The van der Waals surface area contributed by atoms with E-state index in [1.807, 2.05) is 13.0 Å². The fourth-order valence-electron chi connectivity index (χ4n) is 3.90. The van der Waals surface area contributed by atoms with Crippen LogP contribution in [0.5, 0.6) is 11.5 Å². The molecule has 0 aliphatic heterocycles. The number of ether oxygens (including phenoxy) is 2. The summed E-state index contributed by atoms with van der Waals surface area (Å²) >= 11 is 0. The highest BCUT2D eigenvalue weighted by atomic mass is 16.5. The highest BCUT2D eigenvalue weighted by Crippen LogP contribution is 2.28. The zero-order valence-corrected chi connectivity index (χ0v) is 19.9. The Labute approximate surface area is 210 Å². The summed E-state index contributed by atoms with van der Waals surface area (Å²) in [4.78, 5) is 32.3. The van der Waals surface area contributed by atoms with Gasteiger partial charge in [-0.3, -0.25) is 4.79 Å². The minimum atomic E-state index is -0.495. The number of ketones is 1. The van der Waals surface area contributed by atoms with E-state index in [4.69, 9.17) is 20.5 Å². The molecule has 0 aliphatic carbocycles. The van der Waals surface area contributed by atoms with E-state index in [1.54, 1.807) is 54.6 Å². The Bertz CT molecular complexity index is 1730. The van der Waals surface area contributed by atoms with Crippen molar-refractivity contribution < 1.29 is 19.1 Å². The summed E-state index contributed by atoms with van der Waals surface area (Å²) in [5.74, 6) is 0.414. The second-order valence-electron chi connectivity index (χ2n) is 8.18. The number of anilines is 1. The van der Waals surface area contributed by atoms with Gasteiger partial charge in [0.1, 0.15) is 17.3 Å². The predicted molar refractivity (Wildman–Crippen MR) is 135 cm³/mol. The van der Waals surface area contributed by atoms with Crippen LogP contribution in [0.4, 0.5) is 5.82 Å². The first-order chi connectivity index (χ1) is 17.9. The molecule has 0 saturated carbocycles. The number of hydrogen-bond donors (Lipinski definition) is 2. The molecule has 0 aliphatic rings. The van der Waals surface area contributed by atoms with Crippen molar-refractivity contribution in [2.24, 2.45) is 0 Å². The number of nitrogens with one attached hydrogen (secondary N) is 1. The Kier molecular flexibility index (Phi) is 5.87. The monoisotopic (exact) mass is 492 g/mol. The van der Waals surface area contributed by atoms with E-state index < -0.39 is 11.8 Å². The van der Waals surface area contributed by atoms with Crippen molar-refractivity contribution >= 4 is 28.6 Å². The summed E-state index contributed by atoms with van der Waals surface area (Å²) in [6.07, 6.45) is 1.39. The van der Waals surface area contributed by atoms with E-state index in [0.717, 1.165) is 5.56 Å². The lowest BCUT2D eigenvalue weighted by molar-refractivity contribution is 0.0600. The van der Waals surface area contributed by atoms with Crippen LogP contribution >= 0.6 is 0 Å². The van der Waals surface area contributed by atoms with Gasteiger partial charge in [-0.15, -0.1) is 0 Å². The third-order valence-electron chi connectivity index (χ3n) is 5.77. The van der Waals surface area contributed by atoms with Crippen LogP contribution in [0.3, 0.4) is 0 Å². The zero-order chi connectivity index (χ0) is 26.1. The van der Waals surface area contributed by atoms with Gasteiger partial charge in [0, 0.05) is 0 Å². The molecule has 0 saturated heterocycles. The number of carbonyl (C=O) groups excluding carboxylic acids is 2. The number of hydrogen-bond acceptors (Lipinski definition) is 8. The number of nitriles is 1. The van der Waals surface area contributed by atoms with Crippen LogP contribution in [-0.2, 0) is 4.74 Å². The van der Waals surface area contributed by atoms with Crippen LogP contribution in [0.15, 0.2) is 66.9 Å². The molecular weight excluding hydrogens is 472 g/mol. The van der Waals surface area contributed by atoms with Gasteiger partial charge >= 0.3 is 5.97 Å². The zero-order valence-electron chi connectivity index (χ0n) is 19.9. The molecule has 0 bridgehead atoms. The third kappa shape index (κ3) is 4.37. The molecule has 10 heteroatoms. The highest BCUT2D eigenvalue weighted by molar-refractivity contribution is 6.10. The van der Waals surface area contributed by atoms with Crippen LogP contribution in [-0.4, -0.2) is 38.6 Å². The fourth-order valence-corrected chi connectivity index (χ4v) is 3.90. The molecular formula is C27H20N6O4. The molecule has 3 N–H and O–H groups in total. The van der Waals surface area contributed by atoms with Gasteiger partial charge in [-0.05, 0) is 67.1 Å². The van der Waals surface area contributed by atoms with Crippen molar-refractivity contribution in [3.05, 3.63) is 94.9 Å². The van der Waals surface area contributed by atoms with Gasteiger partial charge < -0.3 is 20.2 Å². The van der Waals surface area contributed by atoms with Gasteiger partial charge in [0.25, 0.3) is 0 Å². The number of aryl methyl sites for hydroxylation is 1. The van der Waals surface area contributed by atoms with Gasteiger partial charge in [-0.2, -0.15) is 10.4 Å². The predicted octanol–water partition coefficient (Wildman–Crippen LogP) is 4.32. The first-order valence-corrected chi connectivity index (χ1v) is 11.1. The number of imidazole rings is 1. The third-order valence-corrected chi connectivity index (χ3v) is 5.77. The Balaban J connectivity index is 1.41. The number of fused-ring (bicyclic) bond motifs is 1. The number of H-pyrrole nitrogens is 1. The lowest BCUT2D eigenvalue weighted by Gasteiger charge is -2.11. The number of rotatable bonds is 6. The van der Waals surface area contributed by atoms with E-state index in [2.05, 4.69) is 21.1 Å². The van der Waals surface area contributed by atoms with Crippen molar-refractivity contribution in [1.29, 1.82) is 5.26 Å². The Morgan fingerprint density at radius 2 is 1.89 bits per heavy atom. The number of nitrogens with two attached hydrogens (primary N) is 1. The van der Waals surface area contributed by atoms with Crippen molar-refractivity contribution in [3.8, 4) is 23.3 Å². The number of aromatic amines is 1. The van der Waals surface area contributed by atoms with Crippen molar-refractivity contribution in [2.45, 2.75) is 6.92 Å². The summed E-state index contributed by atoms with van der Waals surface area (Å²) in [5, 5.41) is 13.4. The van der Waals surface area contributed by atoms with Crippen molar-refractivity contribution in [2.75, 3.05) is 12.8 Å². The molecule has 5 aromatic rings. The van der Waals surface area contributed by atoms with Gasteiger partial charge in [0.2, 0.25) is 5.78 Å². The van der Waals surface area contributed by atoms with E-state index in [1.165, 1.54) is 18.0 Å². The SMILES string of the molecule is COC(=O)c1ccc2[nH]c(C(=O)c3cnn(-c4ccc(Oc5cccc(C#N)c5)cc4C)c3N)nc2c1. The molecule has 3 aromatic carbocycles. The molecule has 10 nitrogen and oxygen atoms in total. The molecule has 0 unspecified atom stereocenters. The second kappa shape index (κ2) is 9.31. The molecule has 182 valence electrons. The van der Waals surface area contributed by atoms with Crippen LogP contribution in [0.1, 0.15) is 37.7 Å². The maximum Gasteiger partial charge on any atom is 0.337 e. The van der Waals surface area contributed by atoms with Crippen LogP contribution < -0.4 is 10.5 Å². The van der Waals surface area contributed by atoms with Gasteiger partial charge in [0.15, 0.2) is 5.82 Å². The number of benzene rings is 3. The minimum Gasteiger partial charge on any atom is -0.465 e. The molecule has 0 amide bonds. The number of carbonyl (C=O) groups is 2. The number of esters is 1. The minimum absolute atomic E-state index is 0.0725. The quantitative estimate of drug-likeness (QED) is 0.263. The summed E-state index contributed by atoms with van der Waals surface area (Å²) in [6, 6.07) is 19.1. The normalized spacial score (nSPS) is 10.7. The summed E-state index contributed by atoms with van der Waals surface area (Å²) in [6.45, 7) is 1.87. The average molecular weight is 492 g/mol. The Morgan fingerprint density at radius 1 is 1.08 bits per heavy atom. The summed E-state index contributed by atoms with van der Waals surface area (Å²) in [7, 11) is 1.30. The topological polar surface area (TPSA) is 149 Å². The number of nitrogen functional groups attached to an aromatic ring is 1. The fraction of sp³-hybridized carbons (Fsp3) is 0.0741. The average Bonchev–Trinajstić information content (AvgIpc) is 3.51. The molecule has 37 heavy (non-hydrogen) atoms. The van der Waals surface area contributed by atoms with Crippen LogP contribution in [0.25, 0.3) is 16.7 Å². The van der Waals surface area contributed by atoms with E-state index >= 15 is 0 Å². The van der Waals surface area contributed by atoms with Gasteiger partial charge in [-0.25, -0.2) is 14.5 Å². The van der Waals surface area contributed by atoms with E-state index in [-0.39, 0.29) is 17.2 Å². The largest absolute Gasteiger partial charge is 0.465 e. The number of methoxy groups -OCH3 is 1. The molecule has 0 spiro atoms. The Morgan fingerprint density at radius 3 is 2.65 bits per heavy atom. The molecule has 0 fully saturated rings. The number of nitrogens with zero attached hydrogens (tertiary/aromatic N) is 4. The van der Waals surface area contributed by atoms with E-state index in [0.29, 0.717) is 39.3 Å². The molecule has 0 radical (unpaired) electrons. The lowest BCUT2D eigenvalue weighted by atomic mass is 10.1. The molecule has 2 aromatic heterocycles. The van der Waals surface area contributed by atoms with E-state index in [9.17, 15) is 9.59 Å². The summed E-state index contributed by atoms with van der Waals surface area (Å²) in [5.41, 5.74) is 9.85. The molecule has 2 heterocycles. The van der Waals surface area contributed by atoms with Crippen LogP contribution in [0.2, 0.25) is 0 Å². The molecule has 0 atom stereocenters. The van der Waals surface area contributed by atoms with Crippen molar-refractivity contribution in [3.63, 3.8) is 0 Å². The summed E-state index contributed by atoms with van der Waals surface area (Å²) < 4.78 is 12.1. The first-order valence-electron chi connectivity index (χ1n) is 11.1. The smallest absolute Gasteiger partial charge is 0.337 e. The standard InChI is InChI=1S/C27H20N6O4/c1-15-10-19(37-18-5-3-4-16(11-18)13-28)7-9-23(15)33-25(29)20(14-30-33)24(34)26-31-21-8-6-17(27(35)36-2)12-22(21)32-26/h3-12,14H,29H2,1-2H3,(H,31,32). The van der Waals surface area contributed by atoms with Crippen LogP contribution in [0, 0.1) is 18.3 Å². The molecule has 5 rings (SSSR count).